The second-order valence-corrected chi connectivity index (χ2v) is 11.3. The van der Waals surface area contributed by atoms with E-state index >= 15 is 0 Å². The number of benzene rings is 1. The molecular formula is C28H33N5O11S. The lowest BCUT2D eigenvalue weighted by Gasteiger charge is -2.19. The van der Waals surface area contributed by atoms with Crippen LogP contribution in [0.5, 0.6) is 0 Å². The van der Waals surface area contributed by atoms with Gasteiger partial charge in [-0.25, -0.2) is 4.79 Å². The number of hydrogen-bond donors (Lipinski definition) is 5. The molecule has 0 saturated carbocycles. The number of aliphatic carboxylic acids is 1. The molecule has 1 atom stereocenters. The van der Waals surface area contributed by atoms with Crippen LogP contribution in [0, 0.1) is 0 Å². The van der Waals surface area contributed by atoms with Crippen molar-refractivity contribution in [1.29, 1.82) is 0 Å². The predicted molar refractivity (Wildman–Crippen MR) is 158 cm³/mol. The maximum absolute atomic E-state index is 13.0. The highest BCUT2D eigenvalue weighted by Gasteiger charge is 2.29. The predicted octanol–water partition coefficient (Wildman–Crippen LogP) is -1.60. The summed E-state index contributed by atoms with van der Waals surface area (Å²) >= 11 is 0.534. The van der Waals surface area contributed by atoms with Gasteiger partial charge in [-0.2, -0.15) is 0 Å². The summed E-state index contributed by atoms with van der Waals surface area (Å²) in [4.78, 5) is 110. The van der Waals surface area contributed by atoms with E-state index in [-0.39, 0.29) is 24.2 Å². The van der Waals surface area contributed by atoms with Crippen LogP contribution in [0.3, 0.4) is 0 Å². The van der Waals surface area contributed by atoms with Crippen LogP contribution in [-0.2, 0) is 38.3 Å². The van der Waals surface area contributed by atoms with Crippen LogP contribution >= 0.6 is 11.8 Å². The third-order valence-electron chi connectivity index (χ3n) is 5.55. The summed E-state index contributed by atoms with van der Waals surface area (Å²) in [7, 11) is 0. The molecular weight excluding hydrogens is 614 g/mol. The molecule has 0 radical (unpaired) electrons. The van der Waals surface area contributed by atoms with E-state index in [4.69, 9.17) is 9.84 Å². The van der Waals surface area contributed by atoms with Gasteiger partial charge in [0.1, 0.15) is 18.2 Å². The molecule has 1 aromatic carbocycles. The fourth-order valence-corrected chi connectivity index (χ4v) is 4.22. The maximum atomic E-state index is 13.0. The summed E-state index contributed by atoms with van der Waals surface area (Å²) in [6.07, 6.45) is 2.17. The molecule has 5 amide bonds. The Hall–Kier alpha value is -4.90. The molecule has 5 N–H and O–H groups in total. The topological polar surface area (TPSA) is 234 Å². The van der Waals surface area contributed by atoms with Gasteiger partial charge in [0.2, 0.25) is 22.8 Å². The minimum Gasteiger partial charge on any atom is -0.480 e. The second kappa shape index (κ2) is 16.8. The van der Waals surface area contributed by atoms with Gasteiger partial charge in [0.15, 0.2) is 5.78 Å². The summed E-state index contributed by atoms with van der Waals surface area (Å²) in [6.45, 7) is 2.87. The van der Waals surface area contributed by atoms with Gasteiger partial charge in [-0.05, 0) is 32.9 Å². The Morgan fingerprint density at radius 2 is 1.51 bits per heavy atom. The standard InChI is InChI=1S/C28H33N5O11S/c1-28(2,3)44-26(42)16-5-4-6-17(11-16)27(43)45-15-18(34)24(25(41)32-13-20(36)30-14-23(39)40)31-12-19(35)29-9-10-33-21(37)7-8-22(33)38/h4-8,11,24,31H,9-10,12-15H2,1-3H3,(H,29,35)(H,30,36)(H,32,41)(H,39,40)/t24-/m0/s1. The van der Waals surface area contributed by atoms with Gasteiger partial charge in [-0.3, -0.25) is 48.6 Å². The van der Waals surface area contributed by atoms with Crippen molar-refractivity contribution >= 4 is 64.1 Å². The summed E-state index contributed by atoms with van der Waals surface area (Å²) < 4.78 is 5.30. The minimum absolute atomic E-state index is 0.0877. The van der Waals surface area contributed by atoms with Crippen molar-refractivity contribution in [3.8, 4) is 0 Å². The van der Waals surface area contributed by atoms with Crippen LogP contribution in [0.15, 0.2) is 36.4 Å². The number of carboxylic acids is 1. The highest BCUT2D eigenvalue weighted by molar-refractivity contribution is 8.14. The summed E-state index contributed by atoms with van der Waals surface area (Å²) in [5, 5.41) is 17.1. The number of amides is 5. The number of carbonyl (C=O) groups is 9. The number of imide groups is 1. The Labute approximate surface area is 261 Å². The second-order valence-electron chi connectivity index (χ2n) is 10.3. The van der Waals surface area contributed by atoms with Crippen molar-refractivity contribution < 1.29 is 53.0 Å². The van der Waals surface area contributed by atoms with Crippen molar-refractivity contribution in [2.45, 2.75) is 32.4 Å². The van der Waals surface area contributed by atoms with Crippen molar-refractivity contribution in [2.75, 3.05) is 38.5 Å². The molecule has 0 bridgehead atoms. The monoisotopic (exact) mass is 647 g/mol. The van der Waals surface area contributed by atoms with E-state index in [9.17, 15) is 43.2 Å². The van der Waals surface area contributed by atoms with Crippen molar-refractivity contribution in [2.24, 2.45) is 0 Å². The number of Topliss-reactive ketones (excluding diaryl/α,β-unsaturated/α-hetero) is 1. The van der Waals surface area contributed by atoms with Gasteiger partial charge in [0.25, 0.3) is 11.8 Å². The number of rotatable bonds is 16. The molecule has 1 aromatic rings. The van der Waals surface area contributed by atoms with Gasteiger partial charge >= 0.3 is 11.9 Å². The molecule has 0 saturated heterocycles. The molecule has 0 aliphatic carbocycles. The SMILES string of the molecule is CC(C)(C)OC(=O)c1cccc(C(=O)SCC(=O)[C@H](NCC(=O)NCCN2C(=O)C=CC2=O)C(=O)NCC(=O)NCC(=O)O)c1. The Balaban J connectivity index is 2.01. The Kier molecular flexibility index (Phi) is 13.6. The molecule has 1 heterocycles. The molecule has 17 heteroatoms. The maximum Gasteiger partial charge on any atom is 0.338 e. The number of nitrogens with zero attached hydrogens (tertiary/aromatic N) is 1. The van der Waals surface area contributed by atoms with E-state index in [1.807, 2.05) is 5.32 Å². The van der Waals surface area contributed by atoms with Crippen molar-refractivity contribution in [3.05, 3.63) is 47.5 Å². The van der Waals surface area contributed by atoms with Gasteiger partial charge in [0, 0.05) is 30.8 Å². The van der Waals surface area contributed by atoms with E-state index in [1.54, 1.807) is 20.8 Å². The molecule has 0 fully saturated rings. The molecule has 1 aliphatic rings. The molecule has 2 rings (SSSR count). The van der Waals surface area contributed by atoms with Gasteiger partial charge < -0.3 is 25.8 Å². The first-order valence-electron chi connectivity index (χ1n) is 13.4. The fraction of sp³-hybridized carbons (Fsp3) is 0.393. The van der Waals surface area contributed by atoms with Crippen LogP contribution in [0.1, 0.15) is 41.5 Å². The van der Waals surface area contributed by atoms with E-state index in [0.29, 0.717) is 11.8 Å². The molecule has 242 valence electrons. The van der Waals surface area contributed by atoms with E-state index in [1.165, 1.54) is 24.3 Å². The van der Waals surface area contributed by atoms with E-state index < -0.39 is 89.4 Å². The Morgan fingerprint density at radius 1 is 0.889 bits per heavy atom. The first-order chi connectivity index (χ1) is 21.1. The Bertz CT molecular complexity index is 1390. The first kappa shape index (κ1) is 36.3. The zero-order chi connectivity index (χ0) is 33.7. The van der Waals surface area contributed by atoms with E-state index in [0.717, 1.165) is 17.1 Å². The zero-order valence-electron chi connectivity index (χ0n) is 24.7. The number of esters is 1. The van der Waals surface area contributed by atoms with Crippen LogP contribution in [0.25, 0.3) is 0 Å². The number of carboxylic acid groups (broad SMARTS) is 1. The van der Waals surface area contributed by atoms with Crippen molar-refractivity contribution in [1.82, 2.24) is 26.2 Å². The lowest BCUT2D eigenvalue weighted by atomic mass is 10.1. The number of ether oxygens (including phenoxy) is 1. The largest absolute Gasteiger partial charge is 0.480 e. The minimum atomic E-state index is -1.71. The highest BCUT2D eigenvalue weighted by Crippen LogP contribution is 2.17. The quantitative estimate of drug-likeness (QED) is 0.0774. The normalized spacial score (nSPS) is 13.2. The lowest BCUT2D eigenvalue weighted by molar-refractivity contribution is -0.138. The van der Waals surface area contributed by atoms with Crippen molar-refractivity contribution in [3.63, 3.8) is 0 Å². The Morgan fingerprint density at radius 3 is 2.13 bits per heavy atom. The smallest absolute Gasteiger partial charge is 0.338 e. The van der Waals surface area contributed by atoms with Crippen LogP contribution in [0.2, 0.25) is 0 Å². The van der Waals surface area contributed by atoms with Gasteiger partial charge in [-0.15, -0.1) is 0 Å². The lowest BCUT2D eigenvalue weighted by Crippen LogP contribution is -2.54. The first-order valence-corrected chi connectivity index (χ1v) is 14.4. The molecule has 1 aliphatic heterocycles. The molecule has 16 nitrogen and oxygen atoms in total. The molecule has 45 heavy (non-hydrogen) atoms. The number of hydrogen-bond acceptors (Lipinski definition) is 12. The average Bonchev–Trinajstić information content (AvgIpc) is 3.29. The molecule has 0 unspecified atom stereocenters. The summed E-state index contributed by atoms with van der Waals surface area (Å²) in [5.41, 5.74) is -0.564. The summed E-state index contributed by atoms with van der Waals surface area (Å²) in [5.74, 6) is -7.01. The van der Waals surface area contributed by atoms with E-state index in [2.05, 4.69) is 16.0 Å². The van der Waals surface area contributed by atoms with Gasteiger partial charge in [-0.1, -0.05) is 23.9 Å². The number of nitrogens with one attached hydrogen (secondary N) is 4. The van der Waals surface area contributed by atoms with Gasteiger partial charge in [0.05, 0.1) is 24.4 Å². The number of ketones is 1. The third kappa shape index (κ3) is 12.7. The number of carbonyl (C=O) groups excluding carboxylic acids is 8. The highest BCUT2D eigenvalue weighted by atomic mass is 32.2. The van der Waals surface area contributed by atoms with Crippen LogP contribution < -0.4 is 21.3 Å². The fourth-order valence-electron chi connectivity index (χ4n) is 3.49. The summed E-state index contributed by atoms with van der Waals surface area (Å²) in [6, 6.07) is 3.95. The average molecular weight is 648 g/mol. The molecule has 0 spiro atoms. The van der Waals surface area contributed by atoms with Crippen LogP contribution in [-0.4, -0.2) is 112 Å². The number of thioether (sulfide) groups is 1. The van der Waals surface area contributed by atoms with Crippen LogP contribution in [0.4, 0.5) is 0 Å². The zero-order valence-corrected chi connectivity index (χ0v) is 25.5. The molecule has 0 aromatic heterocycles. The third-order valence-corrected chi connectivity index (χ3v) is 6.47.